The van der Waals surface area contributed by atoms with Crippen LogP contribution in [0.4, 0.5) is 4.79 Å². The first kappa shape index (κ1) is 11.5. The van der Waals surface area contributed by atoms with E-state index in [1.807, 2.05) is 13.8 Å². The van der Waals surface area contributed by atoms with E-state index in [0.29, 0.717) is 18.2 Å². The minimum absolute atomic E-state index is 0.0525. The summed E-state index contributed by atoms with van der Waals surface area (Å²) in [5, 5.41) is 3.10. The molecule has 0 aromatic rings. The van der Waals surface area contributed by atoms with Crippen LogP contribution in [0.5, 0.6) is 0 Å². The van der Waals surface area contributed by atoms with Crippen molar-refractivity contribution in [3.05, 3.63) is 0 Å². The Kier molecular flexibility index (Phi) is 4.41. The van der Waals surface area contributed by atoms with E-state index in [4.69, 9.17) is 0 Å². The first-order chi connectivity index (χ1) is 6.65. The summed E-state index contributed by atoms with van der Waals surface area (Å²) in [4.78, 5) is 23.9. The molecule has 1 fully saturated rings. The summed E-state index contributed by atoms with van der Waals surface area (Å²) in [5.41, 5.74) is 0. The summed E-state index contributed by atoms with van der Waals surface area (Å²) >= 11 is 1.10. The predicted molar refractivity (Wildman–Crippen MR) is 57.3 cm³/mol. The number of carbonyl (C=O) groups is 2. The van der Waals surface area contributed by atoms with Gasteiger partial charge in [-0.15, -0.1) is 0 Å². The molecule has 1 aliphatic heterocycles. The summed E-state index contributed by atoms with van der Waals surface area (Å²) in [6, 6.07) is 0. The van der Waals surface area contributed by atoms with Gasteiger partial charge in [0, 0.05) is 6.54 Å². The summed E-state index contributed by atoms with van der Waals surface area (Å²) < 4.78 is 0. The van der Waals surface area contributed by atoms with Gasteiger partial charge in [0.25, 0.3) is 5.24 Å². The number of imide groups is 1. The van der Waals surface area contributed by atoms with Crippen LogP contribution < -0.4 is 5.32 Å². The summed E-state index contributed by atoms with van der Waals surface area (Å²) in [6.07, 6.45) is 0. The molecule has 0 bridgehead atoms. The fourth-order valence-electron chi connectivity index (χ4n) is 1.32. The maximum atomic E-state index is 11.3. The Morgan fingerprint density at radius 1 is 1.57 bits per heavy atom. The molecule has 1 saturated heterocycles. The molecule has 5 heteroatoms. The standard InChI is InChI=1S/C9H16N2O2S/c1-3-10-4-7(2)5-11-8(12)6-14-9(11)13/h7,10H,3-6H2,1-2H3. The van der Waals surface area contributed by atoms with Crippen LogP contribution in [0, 0.1) is 5.92 Å². The van der Waals surface area contributed by atoms with Crippen LogP contribution in [0.2, 0.25) is 0 Å². The van der Waals surface area contributed by atoms with Gasteiger partial charge in [0.05, 0.1) is 5.75 Å². The number of hydrogen-bond acceptors (Lipinski definition) is 4. The van der Waals surface area contributed by atoms with Crippen molar-refractivity contribution in [1.29, 1.82) is 0 Å². The molecular formula is C9H16N2O2S. The lowest BCUT2D eigenvalue weighted by molar-refractivity contribution is -0.124. The molecular weight excluding hydrogens is 200 g/mol. The van der Waals surface area contributed by atoms with Crippen molar-refractivity contribution in [1.82, 2.24) is 10.2 Å². The van der Waals surface area contributed by atoms with Crippen molar-refractivity contribution >= 4 is 22.9 Å². The minimum Gasteiger partial charge on any atom is -0.317 e. The summed E-state index contributed by atoms with van der Waals surface area (Å²) in [5.74, 6) is 0.581. The molecule has 80 valence electrons. The highest BCUT2D eigenvalue weighted by molar-refractivity contribution is 8.14. The van der Waals surface area contributed by atoms with Gasteiger partial charge in [0.2, 0.25) is 5.91 Å². The fourth-order valence-corrected chi connectivity index (χ4v) is 2.06. The van der Waals surface area contributed by atoms with E-state index in [1.54, 1.807) is 0 Å². The van der Waals surface area contributed by atoms with Crippen molar-refractivity contribution in [3.8, 4) is 0 Å². The number of rotatable bonds is 5. The zero-order valence-corrected chi connectivity index (χ0v) is 9.39. The zero-order chi connectivity index (χ0) is 10.6. The molecule has 0 spiro atoms. The molecule has 1 unspecified atom stereocenters. The Morgan fingerprint density at radius 2 is 2.29 bits per heavy atom. The van der Waals surface area contributed by atoms with E-state index in [-0.39, 0.29) is 11.1 Å². The minimum atomic E-state index is -0.0988. The highest BCUT2D eigenvalue weighted by Gasteiger charge is 2.30. The van der Waals surface area contributed by atoms with Gasteiger partial charge in [-0.1, -0.05) is 25.6 Å². The van der Waals surface area contributed by atoms with Gasteiger partial charge in [-0.05, 0) is 19.0 Å². The van der Waals surface area contributed by atoms with Crippen LogP contribution in [0.25, 0.3) is 0 Å². The molecule has 0 aromatic heterocycles. The molecule has 1 rings (SSSR count). The smallest absolute Gasteiger partial charge is 0.288 e. The van der Waals surface area contributed by atoms with Gasteiger partial charge in [0.15, 0.2) is 0 Å². The van der Waals surface area contributed by atoms with Crippen LogP contribution in [0.1, 0.15) is 13.8 Å². The largest absolute Gasteiger partial charge is 0.317 e. The SMILES string of the molecule is CCNCC(C)CN1C(=O)CSC1=O. The van der Waals surface area contributed by atoms with Crippen LogP contribution >= 0.6 is 11.8 Å². The van der Waals surface area contributed by atoms with Gasteiger partial charge >= 0.3 is 0 Å². The molecule has 1 atom stereocenters. The molecule has 1 N–H and O–H groups in total. The van der Waals surface area contributed by atoms with Crippen molar-refractivity contribution < 1.29 is 9.59 Å². The summed E-state index contributed by atoms with van der Waals surface area (Å²) in [6.45, 7) is 6.37. The van der Waals surface area contributed by atoms with Crippen molar-refractivity contribution in [2.75, 3.05) is 25.4 Å². The van der Waals surface area contributed by atoms with E-state index in [9.17, 15) is 9.59 Å². The van der Waals surface area contributed by atoms with E-state index in [2.05, 4.69) is 5.32 Å². The number of hydrogen-bond donors (Lipinski definition) is 1. The average molecular weight is 216 g/mol. The van der Waals surface area contributed by atoms with E-state index < -0.39 is 0 Å². The Balaban J connectivity index is 2.35. The van der Waals surface area contributed by atoms with Crippen LogP contribution in [0.3, 0.4) is 0 Å². The molecule has 1 aliphatic rings. The maximum absolute atomic E-state index is 11.3. The molecule has 14 heavy (non-hydrogen) atoms. The van der Waals surface area contributed by atoms with E-state index in [0.717, 1.165) is 24.9 Å². The van der Waals surface area contributed by atoms with E-state index >= 15 is 0 Å². The lowest BCUT2D eigenvalue weighted by Crippen LogP contribution is -2.36. The fraction of sp³-hybridized carbons (Fsp3) is 0.778. The normalized spacial score (nSPS) is 19.1. The molecule has 0 aliphatic carbocycles. The second-order valence-corrected chi connectivity index (χ2v) is 4.40. The Hall–Kier alpha value is -0.550. The maximum Gasteiger partial charge on any atom is 0.288 e. The van der Waals surface area contributed by atoms with Gasteiger partial charge in [-0.25, -0.2) is 0 Å². The quantitative estimate of drug-likeness (QED) is 0.742. The van der Waals surface area contributed by atoms with Crippen LogP contribution in [0.15, 0.2) is 0 Å². The number of nitrogens with one attached hydrogen (secondary N) is 1. The highest BCUT2D eigenvalue weighted by Crippen LogP contribution is 2.19. The molecule has 0 aromatic carbocycles. The Morgan fingerprint density at radius 3 is 2.79 bits per heavy atom. The highest BCUT2D eigenvalue weighted by atomic mass is 32.2. The number of amides is 2. The third-order valence-corrected chi connectivity index (χ3v) is 2.94. The first-order valence-electron chi connectivity index (χ1n) is 4.83. The van der Waals surface area contributed by atoms with Crippen LogP contribution in [-0.4, -0.2) is 41.4 Å². The van der Waals surface area contributed by atoms with Gasteiger partial charge < -0.3 is 5.32 Å². The monoisotopic (exact) mass is 216 g/mol. The van der Waals surface area contributed by atoms with Gasteiger partial charge in [0.1, 0.15) is 0 Å². The van der Waals surface area contributed by atoms with Crippen molar-refractivity contribution in [2.24, 2.45) is 5.92 Å². The van der Waals surface area contributed by atoms with Gasteiger partial charge in [-0.3, -0.25) is 14.5 Å². The van der Waals surface area contributed by atoms with Crippen LogP contribution in [-0.2, 0) is 4.79 Å². The third kappa shape index (κ3) is 2.99. The Labute approximate surface area is 88.4 Å². The second-order valence-electron chi connectivity index (χ2n) is 3.47. The lowest BCUT2D eigenvalue weighted by atomic mass is 10.1. The van der Waals surface area contributed by atoms with Gasteiger partial charge in [-0.2, -0.15) is 0 Å². The third-order valence-electron chi connectivity index (χ3n) is 2.08. The predicted octanol–water partition coefficient (Wildman–Crippen LogP) is 0.927. The number of thioether (sulfide) groups is 1. The number of nitrogens with zero attached hydrogens (tertiary/aromatic N) is 1. The summed E-state index contributed by atoms with van der Waals surface area (Å²) in [7, 11) is 0. The molecule has 1 heterocycles. The number of carbonyl (C=O) groups excluding carboxylic acids is 2. The Bertz CT molecular complexity index is 217. The molecule has 0 saturated carbocycles. The average Bonchev–Trinajstić information content (AvgIpc) is 2.46. The van der Waals surface area contributed by atoms with Crippen molar-refractivity contribution in [3.63, 3.8) is 0 Å². The molecule has 2 amide bonds. The zero-order valence-electron chi connectivity index (χ0n) is 8.58. The second kappa shape index (κ2) is 5.36. The topological polar surface area (TPSA) is 49.4 Å². The molecule has 0 radical (unpaired) electrons. The van der Waals surface area contributed by atoms with Crippen molar-refractivity contribution in [2.45, 2.75) is 13.8 Å². The van der Waals surface area contributed by atoms with E-state index in [1.165, 1.54) is 4.90 Å². The molecule has 4 nitrogen and oxygen atoms in total. The first-order valence-corrected chi connectivity index (χ1v) is 5.81. The lowest BCUT2D eigenvalue weighted by Gasteiger charge is -2.18.